The van der Waals surface area contributed by atoms with Crippen molar-refractivity contribution in [3.63, 3.8) is 0 Å². The van der Waals surface area contributed by atoms with Crippen LogP contribution in [0.3, 0.4) is 0 Å². The molecule has 2 amide bonds. The summed E-state index contributed by atoms with van der Waals surface area (Å²) < 4.78 is 27.9. The Bertz CT molecular complexity index is 1280. The Labute approximate surface area is 191 Å². The van der Waals surface area contributed by atoms with Crippen LogP contribution in [0.15, 0.2) is 77.7 Å². The summed E-state index contributed by atoms with van der Waals surface area (Å²) in [4.78, 5) is 24.5. The van der Waals surface area contributed by atoms with Gasteiger partial charge in [-0.15, -0.1) is 0 Å². The van der Waals surface area contributed by atoms with Crippen LogP contribution in [0.25, 0.3) is 0 Å². The van der Waals surface area contributed by atoms with Gasteiger partial charge in [0.05, 0.1) is 17.3 Å². The molecule has 0 aliphatic carbocycles. The number of amides is 2. The summed E-state index contributed by atoms with van der Waals surface area (Å²) in [5.41, 5.74) is 2.24. The molecule has 4 rings (SSSR count). The predicted molar refractivity (Wildman–Crippen MR) is 124 cm³/mol. The van der Waals surface area contributed by atoms with Gasteiger partial charge in [-0.1, -0.05) is 48.0 Å². The van der Waals surface area contributed by atoms with Crippen molar-refractivity contribution in [2.75, 3.05) is 22.7 Å². The number of halogens is 1. The number of hydrogen-bond donors (Lipinski definition) is 2. The summed E-state index contributed by atoms with van der Waals surface area (Å²) in [7, 11) is -3.97. The zero-order valence-corrected chi connectivity index (χ0v) is 18.5. The Morgan fingerprint density at radius 3 is 2.47 bits per heavy atom. The average molecular weight is 470 g/mol. The fourth-order valence-electron chi connectivity index (χ4n) is 3.51. The quantitative estimate of drug-likeness (QED) is 0.578. The van der Waals surface area contributed by atoms with Crippen molar-refractivity contribution < 1.29 is 18.0 Å². The van der Waals surface area contributed by atoms with E-state index in [-0.39, 0.29) is 22.0 Å². The molecule has 0 unspecified atom stereocenters. The highest BCUT2D eigenvalue weighted by Gasteiger charge is 2.32. The zero-order chi connectivity index (χ0) is 22.7. The lowest BCUT2D eigenvalue weighted by Gasteiger charge is -2.20. The van der Waals surface area contributed by atoms with Gasteiger partial charge in [-0.05, 0) is 48.4 Å². The largest absolute Gasteiger partial charge is 0.343 e. The number of nitrogens with zero attached hydrogens (tertiary/aromatic N) is 1. The first-order chi connectivity index (χ1) is 15.4. The van der Waals surface area contributed by atoms with Crippen LogP contribution in [-0.4, -0.2) is 33.3 Å². The molecule has 1 aliphatic heterocycles. The zero-order valence-electron chi connectivity index (χ0n) is 16.9. The molecule has 0 fully saturated rings. The van der Waals surface area contributed by atoms with Crippen LogP contribution in [0.4, 0.5) is 11.4 Å². The number of carbonyl (C=O) groups excluding carboxylic acids is 2. The van der Waals surface area contributed by atoms with Crippen molar-refractivity contribution >= 4 is 44.8 Å². The summed E-state index contributed by atoms with van der Waals surface area (Å²) in [6, 6.07) is 20.1. The topological polar surface area (TPSA) is 95.6 Å². The minimum Gasteiger partial charge on any atom is -0.343 e. The molecule has 0 spiro atoms. The number of anilines is 2. The van der Waals surface area contributed by atoms with Gasteiger partial charge >= 0.3 is 0 Å². The van der Waals surface area contributed by atoms with E-state index in [0.717, 1.165) is 5.56 Å². The van der Waals surface area contributed by atoms with E-state index in [4.69, 9.17) is 11.6 Å². The van der Waals surface area contributed by atoms with Crippen LogP contribution >= 0.6 is 11.6 Å². The molecule has 3 aromatic rings. The fraction of sp³-hybridized carbons (Fsp3) is 0.130. The number of rotatable bonds is 6. The number of para-hydroxylation sites is 2. The van der Waals surface area contributed by atoms with Crippen molar-refractivity contribution in [1.29, 1.82) is 0 Å². The number of fused-ring (bicyclic) bond motifs is 1. The van der Waals surface area contributed by atoms with E-state index in [0.29, 0.717) is 24.3 Å². The van der Waals surface area contributed by atoms with Crippen molar-refractivity contribution in [2.45, 2.75) is 11.3 Å². The van der Waals surface area contributed by atoms with Gasteiger partial charge in [-0.3, -0.25) is 13.9 Å². The van der Waals surface area contributed by atoms with Crippen LogP contribution in [0.2, 0.25) is 5.02 Å². The number of sulfonamides is 1. The highest BCUT2D eigenvalue weighted by atomic mass is 35.5. The van der Waals surface area contributed by atoms with E-state index < -0.39 is 21.8 Å². The maximum Gasteiger partial charge on any atom is 0.265 e. The molecular formula is C23H20ClN3O4S. The SMILES string of the molecule is O=C(CNC(=O)c1ccc(Cl)c(S(=O)(=O)N2CCc3ccccc32)c1)Nc1ccccc1. The van der Waals surface area contributed by atoms with E-state index in [1.165, 1.54) is 22.5 Å². The Morgan fingerprint density at radius 1 is 0.969 bits per heavy atom. The van der Waals surface area contributed by atoms with Crippen molar-refractivity contribution in [1.82, 2.24) is 5.32 Å². The molecule has 7 nitrogen and oxygen atoms in total. The minimum absolute atomic E-state index is 0.0211. The first kappa shape index (κ1) is 21.9. The fourth-order valence-corrected chi connectivity index (χ4v) is 5.51. The van der Waals surface area contributed by atoms with Crippen LogP contribution in [0.1, 0.15) is 15.9 Å². The number of carbonyl (C=O) groups is 2. The molecule has 0 bridgehead atoms. The third-order valence-electron chi connectivity index (χ3n) is 5.07. The molecule has 0 saturated heterocycles. The van der Waals surface area contributed by atoms with Gasteiger partial charge in [-0.25, -0.2) is 8.42 Å². The standard InChI is InChI=1S/C23H20ClN3O4S/c24-19-11-10-17(23(29)25-15-22(28)26-18-7-2-1-3-8-18)14-21(19)32(30,31)27-13-12-16-6-4-5-9-20(16)27/h1-11,14H,12-13,15H2,(H,25,29)(H,26,28). The second-order valence-electron chi connectivity index (χ2n) is 7.20. The Hall–Kier alpha value is -3.36. The van der Waals surface area contributed by atoms with Crippen LogP contribution in [0.5, 0.6) is 0 Å². The molecule has 1 aliphatic rings. The molecule has 0 radical (unpaired) electrons. The number of benzene rings is 3. The van der Waals surface area contributed by atoms with Crippen LogP contribution in [-0.2, 0) is 21.2 Å². The first-order valence-electron chi connectivity index (χ1n) is 9.89. The Kier molecular flexibility index (Phi) is 6.16. The van der Waals surface area contributed by atoms with Gasteiger partial charge in [0.2, 0.25) is 5.91 Å². The number of hydrogen-bond acceptors (Lipinski definition) is 4. The third-order valence-corrected chi connectivity index (χ3v) is 7.37. The molecule has 0 atom stereocenters. The van der Waals surface area contributed by atoms with Crippen molar-refractivity contribution in [2.24, 2.45) is 0 Å². The molecule has 9 heteroatoms. The summed E-state index contributed by atoms with van der Waals surface area (Å²) >= 11 is 6.21. The maximum absolute atomic E-state index is 13.3. The Morgan fingerprint density at radius 2 is 1.69 bits per heavy atom. The summed E-state index contributed by atoms with van der Waals surface area (Å²) in [5, 5.41) is 5.18. The lowest BCUT2D eigenvalue weighted by molar-refractivity contribution is -0.115. The predicted octanol–water partition coefficient (Wildman–Crippen LogP) is 3.46. The highest BCUT2D eigenvalue weighted by molar-refractivity contribution is 7.93. The Balaban J connectivity index is 1.50. The highest BCUT2D eigenvalue weighted by Crippen LogP contribution is 2.35. The second-order valence-corrected chi connectivity index (χ2v) is 9.44. The van der Waals surface area contributed by atoms with Gasteiger partial charge in [0.25, 0.3) is 15.9 Å². The minimum atomic E-state index is -3.97. The molecule has 3 aromatic carbocycles. The van der Waals surface area contributed by atoms with E-state index in [1.54, 1.807) is 36.4 Å². The van der Waals surface area contributed by atoms with Gasteiger partial charge in [0, 0.05) is 17.8 Å². The van der Waals surface area contributed by atoms with Crippen LogP contribution < -0.4 is 14.9 Å². The van der Waals surface area contributed by atoms with Crippen molar-refractivity contribution in [3.8, 4) is 0 Å². The normalized spacial score (nSPS) is 12.8. The average Bonchev–Trinajstić information content (AvgIpc) is 3.23. The second kappa shape index (κ2) is 9.02. The molecule has 0 saturated carbocycles. The van der Waals surface area contributed by atoms with Gasteiger partial charge in [-0.2, -0.15) is 0 Å². The maximum atomic E-state index is 13.3. The number of nitrogens with one attached hydrogen (secondary N) is 2. The van der Waals surface area contributed by atoms with Crippen LogP contribution in [0, 0.1) is 0 Å². The van der Waals surface area contributed by atoms with E-state index in [1.807, 2.05) is 18.2 Å². The molecule has 0 aromatic heterocycles. The molecule has 1 heterocycles. The lowest BCUT2D eigenvalue weighted by atomic mass is 10.2. The van der Waals surface area contributed by atoms with Gasteiger partial charge in [0.1, 0.15) is 4.90 Å². The van der Waals surface area contributed by atoms with E-state index >= 15 is 0 Å². The molecule has 32 heavy (non-hydrogen) atoms. The molecule has 2 N–H and O–H groups in total. The summed E-state index contributed by atoms with van der Waals surface area (Å²) in [5.74, 6) is -0.983. The van der Waals surface area contributed by atoms with E-state index in [9.17, 15) is 18.0 Å². The van der Waals surface area contributed by atoms with E-state index in [2.05, 4.69) is 10.6 Å². The summed E-state index contributed by atoms with van der Waals surface area (Å²) in [6.07, 6.45) is 0.601. The van der Waals surface area contributed by atoms with Crippen molar-refractivity contribution in [3.05, 3.63) is 88.9 Å². The molecular weight excluding hydrogens is 450 g/mol. The molecule has 164 valence electrons. The lowest BCUT2D eigenvalue weighted by Crippen LogP contribution is -2.33. The third kappa shape index (κ3) is 4.46. The smallest absolute Gasteiger partial charge is 0.265 e. The summed E-state index contributed by atoms with van der Waals surface area (Å²) in [6.45, 7) is 0.0338. The first-order valence-corrected chi connectivity index (χ1v) is 11.7. The van der Waals surface area contributed by atoms with Gasteiger partial charge < -0.3 is 10.6 Å². The monoisotopic (exact) mass is 469 g/mol. The van der Waals surface area contributed by atoms with Gasteiger partial charge in [0.15, 0.2) is 0 Å².